The molecule has 0 spiro atoms. The van der Waals surface area contributed by atoms with Crippen molar-refractivity contribution in [3.05, 3.63) is 24.0 Å². The van der Waals surface area contributed by atoms with Gasteiger partial charge in [0.1, 0.15) is 0 Å². The zero-order chi connectivity index (χ0) is 12.1. The summed E-state index contributed by atoms with van der Waals surface area (Å²) in [6.07, 6.45) is 1.40. The largest absolute Gasteiger partial charge is 0.476 e. The molecule has 6 nitrogen and oxygen atoms in total. The van der Waals surface area contributed by atoms with E-state index in [2.05, 4.69) is 10.3 Å². The first-order chi connectivity index (χ1) is 8.27. The first-order valence-corrected chi connectivity index (χ1v) is 5.39. The van der Waals surface area contributed by atoms with Gasteiger partial charge in [-0.05, 0) is 12.1 Å². The Bertz CT molecular complexity index is 391. The van der Waals surface area contributed by atoms with Crippen LogP contribution in [0.3, 0.4) is 0 Å². The van der Waals surface area contributed by atoms with Gasteiger partial charge in [-0.3, -0.25) is 0 Å². The molecule has 17 heavy (non-hydrogen) atoms. The van der Waals surface area contributed by atoms with E-state index in [-0.39, 0.29) is 11.8 Å². The zero-order valence-electron chi connectivity index (χ0n) is 9.26. The van der Waals surface area contributed by atoms with Crippen LogP contribution in [0.5, 0.6) is 0 Å². The molecular formula is C11H14N2O4. The van der Waals surface area contributed by atoms with Gasteiger partial charge in [-0.25, -0.2) is 9.78 Å². The van der Waals surface area contributed by atoms with Crippen LogP contribution in [0.25, 0.3) is 0 Å². The normalized spacial score (nSPS) is 19.9. The van der Waals surface area contributed by atoms with Gasteiger partial charge >= 0.3 is 5.97 Å². The molecule has 2 N–H and O–H groups in total. The molecule has 0 aromatic carbocycles. The Labute approximate surface area is 98.6 Å². The van der Waals surface area contributed by atoms with E-state index in [9.17, 15) is 4.79 Å². The molecule has 1 unspecified atom stereocenters. The minimum Gasteiger partial charge on any atom is -0.476 e. The van der Waals surface area contributed by atoms with E-state index in [0.29, 0.717) is 32.1 Å². The van der Waals surface area contributed by atoms with Gasteiger partial charge < -0.3 is 19.9 Å². The third-order valence-electron chi connectivity index (χ3n) is 2.42. The lowest BCUT2D eigenvalue weighted by Gasteiger charge is -2.23. The number of carboxylic acids is 1. The topological polar surface area (TPSA) is 80.7 Å². The number of nitrogens with zero attached hydrogens (tertiary/aromatic N) is 1. The summed E-state index contributed by atoms with van der Waals surface area (Å²) in [6.45, 7) is 2.22. The van der Waals surface area contributed by atoms with Gasteiger partial charge in [0.15, 0.2) is 5.69 Å². The van der Waals surface area contributed by atoms with Crippen LogP contribution in [0.1, 0.15) is 10.5 Å². The van der Waals surface area contributed by atoms with Crippen LogP contribution in [-0.4, -0.2) is 48.5 Å². The number of aromatic carboxylic acids is 1. The second-order valence-electron chi connectivity index (χ2n) is 3.65. The summed E-state index contributed by atoms with van der Waals surface area (Å²) in [4.78, 5) is 14.7. The SMILES string of the molecule is O=C(O)c1ncccc1NCC1COCCO1. The molecule has 1 saturated heterocycles. The summed E-state index contributed by atoms with van der Waals surface area (Å²) in [5.41, 5.74) is 0.512. The summed E-state index contributed by atoms with van der Waals surface area (Å²) in [6, 6.07) is 3.37. The fourth-order valence-electron chi connectivity index (χ4n) is 1.60. The maximum atomic E-state index is 10.9. The van der Waals surface area contributed by atoms with Crippen LogP contribution in [0.2, 0.25) is 0 Å². The zero-order valence-corrected chi connectivity index (χ0v) is 9.26. The third-order valence-corrected chi connectivity index (χ3v) is 2.42. The Hall–Kier alpha value is -1.66. The highest BCUT2D eigenvalue weighted by molar-refractivity contribution is 5.91. The molecule has 6 heteroatoms. The van der Waals surface area contributed by atoms with Crippen LogP contribution in [0, 0.1) is 0 Å². The van der Waals surface area contributed by atoms with Gasteiger partial charge in [-0.1, -0.05) is 0 Å². The van der Waals surface area contributed by atoms with Crippen molar-refractivity contribution in [1.82, 2.24) is 4.98 Å². The predicted molar refractivity (Wildman–Crippen MR) is 60.2 cm³/mol. The van der Waals surface area contributed by atoms with Gasteiger partial charge in [0.05, 0.1) is 31.6 Å². The predicted octanol–water partition coefficient (Wildman–Crippen LogP) is 0.607. The molecule has 1 fully saturated rings. The lowest BCUT2D eigenvalue weighted by Crippen LogP contribution is -2.34. The molecule has 2 rings (SSSR count). The van der Waals surface area contributed by atoms with Crippen LogP contribution >= 0.6 is 0 Å². The smallest absolute Gasteiger partial charge is 0.356 e. The number of hydrogen-bond donors (Lipinski definition) is 2. The molecule has 1 aromatic rings. The number of nitrogens with one attached hydrogen (secondary N) is 1. The van der Waals surface area contributed by atoms with Gasteiger partial charge in [0, 0.05) is 12.7 Å². The summed E-state index contributed by atoms with van der Waals surface area (Å²) in [5.74, 6) is -1.05. The summed E-state index contributed by atoms with van der Waals surface area (Å²) < 4.78 is 10.7. The van der Waals surface area contributed by atoms with E-state index in [1.165, 1.54) is 6.20 Å². The van der Waals surface area contributed by atoms with Crippen LogP contribution in [0.4, 0.5) is 5.69 Å². The number of hydrogen-bond acceptors (Lipinski definition) is 5. The standard InChI is InChI=1S/C11H14N2O4/c14-11(15)10-9(2-1-3-12-10)13-6-8-7-16-4-5-17-8/h1-3,8,13H,4-7H2,(H,14,15). The molecule has 0 bridgehead atoms. The van der Waals surface area contributed by atoms with E-state index in [0.717, 1.165) is 0 Å². The molecule has 1 aliphatic rings. The van der Waals surface area contributed by atoms with Crippen molar-refractivity contribution in [3.63, 3.8) is 0 Å². The first-order valence-electron chi connectivity index (χ1n) is 5.39. The lowest BCUT2D eigenvalue weighted by atomic mass is 10.2. The number of pyridine rings is 1. The van der Waals surface area contributed by atoms with Crippen molar-refractivity contribution >= 4 is 11.7 Å². The molecular weight excluding hydrogens is 224 g/mol. The number of anilines is 1. The van der Waals surface area contributed by atoms with Crippen molar-refractivity contribution in [2.24, 2.45) is 0 Å². The summed E-state index contributed by atoms with van der Waals surface area (Å²) >= 11 is 0. The van der Waals surface area contributed by atoms with Gasteiger partial charge in [-0.2, -0.15) is 0 Å². The van der Waals surface area contributed by atoms with E-state index in [4.69, 9.17) is 14.6 Å². The number of carboxylic acid groups (broad SMARTS) is 1. The highest BCUT2D eigenvalue weighted by Gasteiger charge is 2.16. The van der Waals surface area contributed by atoms with Gasteiger partial charge in [0.2, 0.25) is 0 Å². The van der Waals surface area contributed by atoms with Crippen LogP contribution in [0.15, 0.2) is 18.3 Å². The highest BCUT2D eigenvalue weighted by atomic mass is 16.6. The Morgan fingerprint density at radius 2 is 2.47 bits per heavy atom. The highest BCUT2D eigenvalue weighted by Crippen LogP contribution is 2.12. The maximum Gasteiger partial charge on any atom is 0.356 e. The van der Waals surface area contributed by atoms with Crippen molar-refractivity contribution in [2.45, 2.75) is 6.10 Å². The summed E-state index contributed by atoms with van der Waals surface area (Å²) in [5, 5.41) is 12.0. The number of carbonyl (C=O) groups is 1. The minimum absolute atomic E-state index is 0.0178. The molecule has 1 aromatic heterocycles. The fourth-order valence-corrected chi connectivity index (χ4v) is 1.60. The van der Waals surface area contributed by atoms with Gasteiger partial charge in [0.25, 0.3) is 0 Å². The Morgan fingerprint density at radius 3 is 3.18 bits per heavy atom. The number of ether oxygens (including phenoxy) is 2. The molecule has 1 aliphatic heterocycles. The second-order valence-corrected chi connectivity index (χ2v) is 3.65. The monoisotopic (exact) mass is 238 g/mol. The van der Waals surface area contributed by atoms with E-state index < -0.39 is 5.97 Å². The number of rotatable bonds is 4. The first kappa shape index (κ1) is 11.8. The fraction of sp³-hybridized carbons (Fsp3) is 0.455. The summed E-state index contributed by atoms with van der Waals surface area (Å²) in [7, 11) is 0. The van der Waals surface area contributed by atoms with E-state index >= 15 is 0 Å². The Balaban J connectivity index is 1.96. The lowest BCUT2D eigenvalue weighted by molar-refractivity contribution is -0.0818. The average molecular weight is 238 g/mol. The van der Waals surface area contributed by atoms with Crippen molar-refractivity contribution in [1.29, 1.82) is 0 Å². The molecule has 2 heterocycles. The molecule has 0 amide bonds. The average Bonchev–Trinajstić information content (AvgIpc) is 2.38. The van der Waals surface area contributed by atoms with E-state index in [1.807, 2.05) is 0 Å². The molecule has 92 valence electrons. The second kappa shape index (κ2) is 5.60. The molecule has 1 atom stereocenters. The van der Waals surface area contributed by atoms with Crippen molar-refractivity contribution in [2.75, 3.05) is 31.7 Å². The third kappa shape index (κ3) is 3.15. The van der Waals surface area contributed by atoms with Crippen molar-refractivity contribution in [3.8, 4) is 0 Å². The Kier molecular flexibility index (Phi) is 3.89. The van der Waals surface area contributed by atoms with Gasteiger partial charge in [-0.15, -0.1) is 0 Å². The quantitative estimate of drug-likeness (QED) is 0.799. The van der Waals surface area contributed by atoms with Crippen LogP contribution < -0.4 is 5.32 Å². The number of aromatic nitrogens is 1. The Morgan fingerprint density at radius 1 is 1.59 bits per heavy atom. The minimum atomic E-state index is -1.05. The van der Waals surface area contributed by atoms with Crippen molar-refractivity contribution < 1.29 is 19.4 Å². The molecule has 0 saturated carbocycles. The molecule has 0 radical (unpaired) electrons. The van der Waals surface area contributed by atoms with E-state index in [1.54, 1.807) is 12.1 Å². The molecule has 0 aliphatic carbocycles. The maximum absolute atomic E-state index is 10.9. The van der Waals surface area contributed by atoms with Crippen LogP contribution in [-0.2, 0) is 9.47 Å².